The molecule has 0 radical (unpaired) electrons. The maximum atomic E-state index is 11.5. The highest BCUT2D eigenvalue weighted by molar-refractivity contribution is 5.81. The van der Waals surface area contributed by atoms with Crippen LogP contribution >= 0.6 is 0 Å². The molecule has 0 saturated heterocycles. The molecule has 2 atom stereocenters. The molecule has 6 nitrogen and oxygen atoms in total. The largest absolute Gasteiger partial charge is 0.345 e. The van der Waals surface area contributed by atoms with Crippen LogP contribution in [0.25, 0.3) is 0 Å². The summed E-state index contributed by atoms with van der Waals surface area (Å²) in [6, 6.07) is -0.636. The lowest BCUT2D eigenvalue weighted by Crippen LogP contribution is -2.41. The smallest absolute Gasteiger partial charge is 0.237 e. The Morgan fingerprint density at radius 3 is 2.87 bits per heavy atom. The third-order valence-corrected chi connectivity index (χ3v) is 2.27. The van der Waals surface area contributed by atoms with E-state index in [4.69, 9.17) is 5.73 Å². The Labute approximate surface area is 88.9 Å². The maximum absolute atomic E-state index is 11.5. The molecule has 1 amide bonds. The van der Waals surface area contributed by atoms with E-state index in [2.05, 4.69) is 15.5 Å². The number of amides is 1. The molecular formula is C9H17N5O. The minimum Gasteiger partial charge on any atom is -0.345 e. The summed E-state index contributed by atoms with van der Waals surface area (Å²) in [6.07, 6.45) is 2.22. The number of nitrogens with one attached hydrogen (secondary N) is 1. The average molecular weight is 211 g/mol. The number of nitrogens with two attached hydrogens (primary N) is 1. The number of carbonyl (C=O) groups excluding carboxylic acids is 1. The Balaban J connectivity index is 2.60. The molecule has 0 aliphatic heterocycles. The van der Waals surface area contributed by atoms with Crippen LogP contribution in [0.5, 0.6) is 0 Å². The first-order valence-corrected chi connectivity index (χ1v) is 4.96. The quantitative estimate of drug-likeness (QED) is 0.717. The summed E-state index contributed by atoms with van der Waals surface area (Å²) in [5.74, 6) is 0.555. The third kappa shape index (κ3) is 2.76. The van der Waals surface area contributed by atoms with Gasteiger partial charge in [-0.3, -0.25) is 4.79 Å². The van der Waals surface area contributed by atoms with Gasteiger partial charge in [0.05, 0.1) is 12.1 Å². The van der Waals surface area contributed by atoms with E-state index < -0.39 is 6.04 Å². The van der Waals surface area contributed by atoms with Crippen molar-refractivity contribution in [3.63, 3.8) is 0 Å². The van der Waals surface area contributed by atoms with E-state index in [9.17, 15) is 4.79 Å². The molecular weight excluding hydrogens is 194 g/mol. The normalized spacial score (nSPS) is 14.7. The van der Waals surface area contributed by atoms with Crippen LogP contribution in [0.4, 0.5) is 0 Å². The van der Waals surface area contributed by atoms with Crippen LogP contribution in [0.1, 0.15) is 32.1 Å². The molecule has 0 aliphatic carbocycles. The molecule has 0 aromatic carbocycles. The van der Waals surface area contributed by atoms with Gasteiger partial charge in [-0.15, -0.1) is 10.2 Å². The van der Waals surface area contributed by atoms with E-state index in [1.54, 1.807) is 10.9 Å². The first-order valence-electron chi connectivity index (χ1n) is 4.96. The summed E-state index contributed by atoms with van der Waals surface area (Å²) in [5, 5.41) is 10.4. The van der Waals surface area contributed by atoms with Gasteiger partial charge in [0.25, 0.3) is 0 Å². The van der Waals surface area contributed by atoms with Crippen LogP contribution < -0.4 is 11.1 Å². The average Bonchev–Trinajstić information content (AvgIpc) is 2.63. The lowest BCUT2D eigenvalue weighted by atomic mass is 10.2. The highest BCUT2D eigenvalue weighted by Gasteiger charge is 2.17. The molecule has 3 N–H and O–H groups in total. The zero-order valence-corrected chi connectivity index (χ0v) is 9.27. The summed E-state index contributed by atoms with van der Waals surface area (Å²) in [7, 11) is 1.83. The molecule has 0 fully saturated rings. The summed E-state index contributed by atoms with van der Waals surface area (Å²) in [4.78, 5) is 11.5. The van der Waals surface area contributed by atoms with Crippen molar-refractivity contribution < 1.29 is 4.79 Å². The van der Waals surface area contributed by atoms with Gasteiger partial charge >= 0.3 is 0 Å². The van der Waals surface area contributed by atoms with E-state index in [0.29, 0.717) is 12.2 Å². The summed E-state index contributed by atoms with van der Waals surface area (Å²) >= 11 is 0. The molecule has 1 unspecified atom stereocenters. The van der Waals surface area contributed by atoms with E-state index in [-0.39, 0.29) is 11.9 Å². The van der Waals surface area contributed by atoms with Crippen LogP contribution in [0.15, 0.2) is 6.33 Å². The van der Waals surface area contributed by atoms with Crippen molar-refractivity contribution in [2.75, 3.05) is 0 Å². The predicted octanol–water partition coefficient (Wildman–Crippen LogP) is -0.270. The Hall–Kier alpha value is -1.43. The number of carbonyl (C=O) groups is 1. The van der Waals surface area contributed by atoms with Gasteiger partial charge in [0.15, 0.2) is 5.82 Å². The van der Waals surface area contributed by atoms with E-state index in [0.717, 1.165) is 0 Å². The Kier molecular flexibility index (Phi) is 3.79. The fourth-order valence-corrected chi connectivity index (χ4v) is 1.25. The SMILES string of the molecule is CC[C@H](N)C(=O)NC(C)c1nncn1C. The first kappa shape index (κ1) is 11.6. The highest BCUT2D eigenvalue weighted by atomic mass is 16.2. The molecule has 1 aromatic rings. The molecule has 0 spiro atoms. The lowest BCUT2D eigenvalue weighted by molar-refractivity contribution is -0.123. The van der Waals surface area contributed by atoms with Crippen molar-refractivity contribution in [3.8, 4) is 0 Å². The second-order valence-corrected chi connectivity index (χ2v) is 3.55. The second-order valence-electron chi connectivity index (χ2n) is 3.55. The molecule has 15 heavy (non-hydrogen) atoms. The monoisotopic (exact) mass is 211 g/mol. The standard InChI is InChI=1S/C9H17N5O/c1-4-7(10)9(15)12-6(2)8-13-11-5-14(8)3/h5-7H,4,10H2,1-3H3,(H,12,15)/t6?,7-/m0/s1. The number of rotatable bonds is 4. The van der Waals surface area contributed by atoms with Gasteiger partial charge in [-0.05, 0) is 13.3 Å². The lowest BCUT2D eigenvalue weighted by Gasteiger charge is -2.15. The maximum Gasteiger partial charge on any atom is 0.237 e. The van der Waals surface area contributed by atoms with E-state index in [1.165, 1.54) is 0 Å². The number of aromatic nitrogens is 3. The van der Waals surface area contributed by atoms with E-state index in [1.807, 2.05) is 20.9 Å². The predicted molar refractivity (Wildman–Crippen MR) is 55.8 cm³/mol. The van der Waals surface area contributed by atoms with Gasteiger partial charge < -0.3 is 15.6 Å². The van der Waals surface area contributed by atoms with Crippen molar-refractivity contribution in [1.82, 2.24) is 20.1 Å². The fraction of sp³-hybridized carbons (Fsp3) is 0.667. The minimum absolute atomic E-state index is 0.159. The molecule has 1 aromatic heterocycles. The minimum atomic E-state index is -0.458. The van der Waals surface area contributed by atoms with Gasteiger partial charge in [-0.25, -0.2) is 0 Å². The van der Waals surface area contributed by atoms with Crippen LogP contribution in [-0.2, 0) is 11.8 Å². The zero-order chi connectivity index (χ0) is 11.4. The molecule has 84 valence electrons. The van der Waals surface area contributed by atoms with E-state index >= 15 is 0 Å². The third-order valence-electron chi connectivity index (χ3n) is 2.27. The molecule has 1 rings (SSSR count). The molecule has 0 saturated carbocycles. The topological polar surface area (TPSA) is 85.8 Å². The first-order chi connectivity index (χ1) is 7.06. The summed E-state index contributed by atoms with van der Waals surface area (Å²) in [6.45, 7) is 3.72. The van der Waals surface area contributed by atoms with Crippen molar-refractivity contribution in [2.24, 2.45) is 12.8 Å². The molecule has 6 heteroatoms. The number of hydrogen-bond donors (Lipinski definition) is 2. The summed E-state index contributed by atoms with van der Waals surface area (Å²) < 4.78 is 1.77. The molecule has 1 heterocycles. The van der Waals surface area contributed by atoms with Gasteiger partial charge in [0.2, 0.25) is 5.91 Å². The van der Waals surface area contributed by atoms with Crippen LogP contribution in [0, 0.1) is 0 Å². The Morgan fingerprint density at radius 1 is 1.73 bits per heavy atom. The molecule has 0 aliphatic rings. The Bertz CT molecular complexity index is 335. The van der Waals surface area contributed by atoms with Crippen LogP contribution in [0.2, 0.25) is 0 Å². The fourth-order valence-electron chi connectivity index (χ4n) is 1.25. The van der Waals surface area contributed by atoms with Crippen molar-refractivity contribution in [2.45, 2.75) is 32.4 Å². The number of hydrogen-bond acceptors (Lipinski definition) is 4. The number of aryl methyl sites for hydroxylation is 1. The Morgan fingerprint density at radius 2 is 2.40 bits per heavy atom. The second kappa shape index (κ2) is 4.88. The number of nitrogens with zero attached hydrogens (tertiary/aromatic N) is 3. The molecule has 0 bridgehead atoms. The van der Waals surface area contributed by atoms with Crippen molar-refractivity contribution in [1.29, 1.82) is 0 Å². The van der Waals surface area contributed by atoms with Gasteiger partial charge in [-0.1, -0.05) is 6.92 Å². The zero-order valence-electron chi connectivity index (χ0n) is 9.27. The highest BCUT2D eigenvalue weighted by Crippen LogP contribution is 2.07. The van der Waals surface area contributed by atoms with Gasteiger partial charge in [-0.2, -0.15) is 0 Å². The van der Waals surface area contributed by atoms with Gasteiger partial charge in [0, 0.05) is 7.05 Å². The summed E-state index contributed by atoms with van der Waals surface area (Å²) in [5.41, 5.74) is 5.60. The van der Waals surface area contributed by atoms with Crippen LogP contribution in [0.3, 0.4) is 0 Å². The van der Waals surface area contributed by atoms with Crippen molar-refractivity contribution >= 4 is 5.91 Å². The van der Waals surface area contributed by atoms with Crippen LogP contribution in [-0.4, -0.2) is 26.7 Å². The van der Waals surface area contributed by atoms with Crippen molar-refractivity contribution in [3.05, 3.63) is 12.2 Å². The van der Waals surface area contributed by atoms with Gasteiger partial charge in [0.1, 0.15) is 6.33 Å².